The average Bonchev–Trinajstić information content (AvgIpc) is 2.44. The van der Waals surface area contributed by atoms with Gasteiger partial charge in [-0.2, -0.15) is 0 Å². The second-order valence-electron chi connectivity index (χ2n) is 4.66. The van der Waals surface area contributed by atoms with Gasteiger partial charge in [-0.15, -0.1) is 0 Å². The number of hydrogen-bond acceptors (Lipinski definition) is 2. The summed E-state index contributed by atoms with van der Waals surface area (Å²) in [7, 11) is 0. The number of carbonyl (C=O) groups excluding carboxylic acids is 1. The molecule has 1 heterocycles. The Balaban J connectivity index is 2.20. The molecule has 0 N–H and O–H groups in total. The maximum atomic E-state index is 12.5. The van der Waals surface area contributed by atoms with E-state index in [1.165, 1.54) is 11.8 Å². The van der Waals surface area contributed by atoms with E-state index in [1.54, 1.807) is 17.2 Å². The van der Waals surface area contributed by atoms with Crippen LogP contribution in [0.3, 0.4) is 0 Å². The lowest BCUT2D eigenvalue weighted by Crippen LogP contribution is -2.30. The Morgan fingerprint density at radius 3 is 2.80 bits per heavy atom. The molecule has 1 aromatic carbocycles. The predicted molar refractivity (Wildman–Crippen MR) is 80.8 cm³/mol. The van der Waals surface area contributed by atoms with Gasteiger partial charge in [0.05, 0.1) is 10.6 Å². The molecule has 0 bridgehead atoms. The van der Waals surface area contributed by atoms with E-state index in [9.17, 15) is 4.79 Å². The second kappa shape index (κ2) is 6.53. The summed E-state index contributed by atoms with van der Waals surface area (Å²) in [6, 6.07) is 9.81. The second-order valence-corrected chi connectivity index (χ2v) is 5.07. The van der Waals surface area contributed by atoms with Crippen LogP contribution < -0.4 is 0 Å². The lowest BCUT2D eigenvalue weighted by atomic mass is 10.1. The van der Waals surface area contributed by atoms with Gasteiger partial charge in [-0.3, -0.25) is 9.78 Å². The van der Waals surface area contributed by atoms with Gasteiger partial charge in [0.25, 0.3) is 5.91 Å². The quantitative estimate of drug-likeness (QED) is 0.859. The van der Waals surface area contributed by atoms with Crippen molar-refractivity contribution in [2.45, 2.75) is 20.4 Å². The van der Waals surface area contributed by atoms with Crippen LogP contribution in [0.2, 0.25) is 5.02 Å². The Morgan fingerprint density at radius 2 is 2.15 bits per heavy atom. The lowest BCUT2D eigenvalue weighted by Gasteiger charge is -2.21. The molecule has 3 nitrogen and oxygen atoms in total. The first-order valence-electron chi connectivity index (χ1n) is 6.56. The molecule has 0 atom stereocenters. The van der Waals surface area contributed by atoms with Crippen LogP contribution in [0, 0.1) is 6.92 Å². The van der Waals surface area contributed by atoms with Crippen molar-refractivity contribution in [3.8, 4) is 0 Å². The molecule has 0 spiro atoms. The van der Waals surface area contributed by atoms with Crippen LogP contribution in [0.5, 0.6) is 0 Å². The van der Waals surface area contributed by atoms with Crippen molar-refractivity contribution in [2.75, 3.05) is 6.54 Å². The smallest absolute Gasteiger partial charge is 0.255 e. The minimum atomic E-state index is -0.0681. The molecule has 0 aliphatic rings. The van der Waals surface area contributed by atoms with Gasteiger partial charge < -0.3 is 4.90 Å². The first-order valence-corrected chi connectivity index (χ1v) is 6.94. The number of rotatable bonds is 4. The van der Waals surface area contributed by atoms with E-state index in [1.807, 2.05) is 32.0 Å². The van der Waals surface area contributed by atoms with E-state index >= 15 is 0 Å². The lowest BCUT2D eigenvalue weighted by molar-refractivity contribution is 0.0752. The van der Waals surface area contributed by atoms with Crippen LogP contribution in [0.25, 0.3) is 0 Å². The van der Waals surface area contributed by atoms with Gasteiger partial charge in [-0.05, 0) is 25.5 Å². The normalized spacial score (nSPS) is 10.3. The number of halogens is 1. The zero-order valence-electron chi connectivity index (χ0n) is 11.6. The summed E-state index contributed by atoms with van der Waals surface area (Å²) in [5, 5.41) is 0.389. The summed E-state index contributed by atoms with van der Waals surface area (Å²) in [5.41, 5.74) is 2.80. The molecule has 1 aromatic heterocycles. The number of aromatic nitrogens is 1. The van der Waals surface area contributed by atoms with Crippen molar-refractivity contribution in [2.24, 2.45) is 0 Å². The maximum absolute atomic E-state index is 12.5. The van der Waals surface area contributed by atoms with E-state index in [4.69, 9.17) is 11.6 Å². The molecule has 0 aliphatic heterocycles. The number of aryl methyl sites for hydroxylation is 1. The first-order chi connectivity index (χ1) is 9.61. The van der Waals surface area contributed by atoms with Gasteiger partial charge in [0.15, 0.2) is 0 Å². The third-order valence-corrected chi connectivity index (χ3v) is 3.43. The van der Waals surface area contributed by atoms with Crippen molar-refractivity contribution in [1.29, 1.82) is 0 Å². The monoisotopic (exact) mass is 288 g/mol. The number of carbonyl (C=O) groups is 1. The largest absolute Gasteiger partial charge is 0.335 e. The highest BCUT2D eigenvalue weighted by Crippen LogP contribution is 2.17. The van der Waals surface area contributed by atoms with Gasteiger partial charge in [-0.25, -0.2) is 0 Å². The van der Waals surface area contributed by atoms with Crippen LogP contribution in [-0.2, 0) is 6.54 Å². The topological polar surface area (TPSA) is 33.2 Å². The van der Waals surface area contributed by atoms with Crippen molar-refractivity contribution < 1.29 is 4.79 Å². The number of nitrogens with zero attached hydrogens (tertiary/aromatic N) is 2. The molecule has 0 unspecified atom stereocenters. The highest BCUT2D eigenvalue weighted by molar-refractivity contribution is 6.33. The molecule has 104 valence electrons. The maximum Gasteiger partial charge on any atom is 0.255 e. The zero-order valence-corrected chi connectivity index (χ0v) is 12.4. The van der Waals surface area contributed by atoms with Crippen LogP contribution >= 0.6 is 11.6 Å². The first kappa shape index (κ1) is 14.5. The van der Waals surface area contributed by atoms with Crippen molar-refractivity contribution in [3.05, 3.63) is 64.4 Å². The molecular formula is C16H17ClN2O. The van der Waals surface area contributed by atoms with Crippen LogP contribution in [-0.4, -0.2) is 22.3 Å². The van der Waals surface area contributed by atoms with Gasteiger partial charge in [0.1, 0.15) is 0 Å². The molecule has 4 heteroatoms. The highest BCUT2D eigenvalue weighted by Gasteiger charge is 2.17. The Morgan fingerprint density at radius 1 is 1.35 bits per heavy atom. The van der Waals surface area contributed by atoms with E-state index < -0.39 is 0 Å². The van der Waals surface area contributed by atoms with Crippen molar-refractivity contribution in [3.63, 3.8) is 0 Å². The number of hydrogen-bond donors (Lipinski definition) is 0. The Kier molecular flexibility index (Phi) is 4.74. The van der Waals surface area contributed by atoms with E-state index in [-0.39, 0.29) is 5.91 Å². The average molecular weight is 289 g/mol. The zero-order chi connectivity index (χ0) is 14.5. The molecule has 1 amide bonds. The van der Waals surface area contributed by atoms with Gasteiger partial charge in [-0.1, -0.05) is 41.4 Å². The molecule has 0 fully saturated rings. The summed E-state index contributed by atoms with van der Waals surface area (Å²) >= 11 is 6.04. The van der Waals surface area contributed by atoms with Crippen LogP contribution in [0.1, 0.15) is 28.4 Å². The summed E-state index contributed by atoms with van der Waals surface area (Å²) < 4.78 is 0. The van der Waals surface area contributed by atoms with Crippen molar-refractivity contribution in [1.82, 2.24) is 9.88 Å². The van der Waals surface area contributed by atoms with E-state index in [0.717, 1.165) is 5.56 Å². The minimum absolute atomic E-state index is 0.0681. The van der Waals surface area contributed by atoms with Gasteiger partial charge >= 0.3 is 0 Å². The molecule has 2 rings (SSSR count). The fraction of sp³-hybridized carbons (Fsp3) is 0.250. The van der Waals surface area contributed by atoms with Crippen LogP contribution in [0.4, 0.5) is 0 Å². The predicted octanol–water partition coefficient (Wildman–Crippen LogP) is 3.71. The molecular weight excluding hydrogens is 272 g/mol. The van der Waals surface area contributed by atoms with Crippen molar-refractivity contribution >= 4 is 17.5 Å². The van der Waals surface area contributed by atoms with E-state index in [0.29, 0.717) is 23.7 Å². The Hall–Kier alpha value is -1.87. The summed E-state index contributed by atoms with van der Waals surface area (Å²) in [6.45, 7) is 5.21. The molecule has 0 saturated heterocycles. The fourth-order valence-corrected chi connectivity index (χ4v) is 2.28. The van der Waals surface area contributed by atoms with Gasteiger partial charge in [0.2, 0.25) is 0 Å². The third-order valence-electron chi connectivity index (χ3n) is 3.13. The molecule has 20 heavy (non-hydrogen) atoms. The molecule has 0 saturated carbocycles. The Labute approximate surface area is 124 Å². The molecule has 0 radical (unpaired) electrons. The third kappa shape index (κ3) is 3.36. The summed E-state index contributed by atoms with van der Waals surface area (Å²) in [6.07, 6.45) is 3.08. The summed E-state index contributed by atoms with van der Waals surface area (Å²) in [4.78, 5) is 18.2. The minimum Gasteiger partial charge on any atom is -0.335 e. The number of benzene rings is 1. The standard InChI is InChI=1S/C16H17ClN2O/c1-3-19(11-13-6-4-5-12(2)9-13)16(20)14-7-8-18-10-15(14)17/h4-10H,3,11H2,1-2H3. The Bertz CT molecular complexity index is 613. The number of pyridine rings is 1. The fourth-order valence-electron chi connectivity index (χ4n) is 2.08. The highest BCUT2D eigenvalue weighted by atomic mass is 35.5. The number of amides is 1. The SMILES string of the molecule is CCN(Cc1cccc(C)c1)C(=O)c1ccncc1Cl. The summed E-state index contributed by atoms with van der Waals surface area (Å²) in [5.74, 6) is -0.0681. The van der Waals surface area contributed by atoms with Gasteiger partial charge in [0, 0.05) is 25.5 Å². The van der Waals surface area contributed by atoms with E-state index in [2.05, 4.69) is 11.1 Å². The molecule has 2 aromatic rings. The molecule has 0 aliphatic carbocycles. The van der Waals surface area contributed by atoms with Crippen LogP contribution in [0.15, 0.2) is 42.7 Å².